The first kappa shape index (κ1) is 25.9. The minimum absolute atomic E-state index is 0.226. The number of ether oxygens (including phenoxy) is 2. The summed E-state index contributed by atoms with van der Waals surface area (Å²) in [6.07, 6.45) is 1.65. The molecule has 0 N–H and O–H groups in total. The zero-order valence-corrected chi connectivity index (χ0v) is 22.6. The molecule has 0 saturated carbocycles. The maximum absolute atomic E-state index is 13.7. The van der Waals surface area contributed by atoms with Crippen molar-refractivity contribution in [1.29, 1.82) is 0 Å². The Hall–Kier alpha value is -4.13. The van der Waals surface area contributed by atoms with Crippen LogP contribution in [0.3, 0.4) is 0 Å². The van der Waals surface area contributed by atoms with Crippen molar-refractivity contribution >= 4 is 22.8 Å². The Bertz CT molecular complexity index is 1520. The van der Waals surface area contributed by atoms with E-state index in [0.717, 1.165) is 33.7 Å². The quantitative estimate of drug-likeness (QED) is 0.285. The number of para-hydroxylation sites is 1. The highest BCUT2D eigenvalue weighted by molar-refractivity contribution is 5.85. The van der Waals surface area contributed by atoms with Gasteiger partial charge in [0, 0.05) is 37.0 Å². The van der Waals surface area contributed by atoms with Crippen LogP contribution in [0.5, 0.6) is 11.5 Å². The molecule has 1 aromatic heterocycles. The molecule has 0 saturated heterocycles. The van der Waals surface area contributed by atoms with Gasteiger partial charge in [0.2, 0.25) is 0 Å². The van der Waals surface area contributed by atoms with E-state index in [9.17, 15) is 4.79 Å². The van der Waals surface area contributed by atoms with Crippen molar-refractivity contribution in [3.05, 3.63) is 81.6 Å². The van der Waals surface area contributed by atoms with Crippen LogP contribution in [0.1, 0.15) is 43.4 Å². The molecular formula is C30H34N4O3. The number of nitrogens with zero attached hydrogens (tertiary/aromatic N) is 4. The van der Waals surface area contributed by atoms with Crippen LogP contribution in [0.15, 0.2) is 64.5 Å². The Morgan fingerprint density at radius 1 is 1.08 bits per heavy atom. The zero-order valence-electron chi connectivity index (χ0n) is 22.6. The summed E-state index contributed by atoms with van der Waals surface area (Å²) in [5.74, 6) is 2.22. The maximum Gasteiger partial charge on any atom is 0.282 e. The molecule has 0 unspecified atom stereocenters. The molecular weight excluding hydrogens is 464 g/mol. The average molecular weight is 499 g/mol. The van der Waals surface area contributed by atoms with E-state index in [0.29, 0.717) is 29.1 Å². The number of aryl methyl sites for hydroxylation is 1. The van der Waals surface area contributed by atoms with E-state index in [1.54, 1.807) is 19.4 Å². The van der Waals surface area contributed by atoms with Crippen molar-refractivity contribution in [2.24, 2.45) is 5.10 Å². The summed E-state index contributed by atoms with van der Waals surface area (Å²) in [5.41, 5.74) is 4.99. The van der Waals surface area contributed by atoms with Crippen LogP contribution < -0.4 is 19.9 Å². The van der Waals surface area contributed by atoms with Gasteiger partial charge in [-0.15, -0.1) is 0 Å². The summed E-state index contributed by atoms with van der Waals surface area (Å²) < 4.78 is 12.9. The minimum Gasteiger partial charge on any atom is -0.496 e. The molecule has 0 aliphatic rings. The van der Waals surface area contributed by atoms with Gasteiger partial charge in [0.15, 0.2) is 5.82 Å². The summed E-state index contributed by atoms with van der Waals surface area (Å²) in [6.45, 7) is 8.81. The van der Waals surface area contributed by atoms with Gasteiger partial charge in [0.1, 0.15) is 11.5 Å². The summed E-state index contributed by atoms with van der Waals surface area (Å²) in [6, 6.07) is 17.3. The normalized spacial score (nSPS) is 11.5. The van der Waals surface area contributed by atoms with Gasteiger partial charge >= 0.3 is 0 Å². The third-order valence-corrected chi connectivity index (χ3v) is 6.32. The number of hydrogen-bond acceptors (Lipinski definition) is 6. The average Bonchev–Trinajstić information content (AvgIpc) is 2.88. The van der Waals surface area contributed by atoms with Gasteiger partial charge in [0.05, 0.1) is 30.8 Å². The molecule has 0 atom stereocenters. The van der Waals surface area contributed by atoms with Gasteiger partial charge in [-0.2, -0.15) is 9.78 Å². The Kier molecular flexibility index (Phi) is 7.62. The van der Waals surface area contributed by atoms with Crippen molar-refractivity contribution in [3.8, 4) is 22.9 Å². The predicted molar refractivity (Wildman–Crippen MR) is 152 cm³/mol. The van der Waals surface area contributed by atoms with Crippen LogP contribution in [0.2, 0.25) is 0 Å². The standard InChI is InChI=1S/C30H34N4O3/c1-8-37-28-15-20(4)25(17-24(28)19(2)3)29-32-26-12-10-9-11-23(26)30(35)34(29)31-18-21-13-14-22(33(5)6)16-27(21)36-7/h9-19H,8H2,1-7H3. The molecule has 7 heteroatoms. The van der Waals surface area contributed by atoms with Crippen molar-refractivity contribution in [2.75, 3.05) is 32.7 Å². The Labute approximate surface area is 218 Å². The first-order valence-corrected chi connectivity index (χ1v) is 12.4. The van der Waals surface area contributed by atoms with E-state index < -0.39 is 0 Å². The van der Waals surface area contributed by atoms with Gasteiger partial charge < -0.3 is 14.4 Å². The van der Waals surface area contributed by atoms with Crippen molar-refractivity contribution in [2.45, 2.75) is 33.6 Å². The lowest BCUT2D eigenvalue weighted by Gasteiger charge is -2.18. The van der Waals surface area contributed by atoms with Crippen molar-refractivity contribution in [1.82, 2.24) is 9.66 Å². The fourth-order valence-electron chi connectivity index (χ4n) is 4.28. The van der Waals surface area contributed by atoms with E-state index in [-0.39, 0.29) is 11.5 Å². The van der Waals surface area contributed by atoms with Crippen LogP contribution in [-0.4, -0.2) is 43.7 Å². The van der Waals surface area contributed by atoms with Gasteiger partial charge in [-0.05, 0) is 67.3 Å². The summed E-state index contributed by atoms with van der Waals surface area (Å²) in [7, 11) is 5.57. The van der Waals surface area contributed by atoms with Gasteiger partial charge in [-0.3, -0.25) is 4.79 Å². The lowest BCUT2D eigenvalue weighted by atomic mass is 9.96. The SMILES string of the molecule is CCOc1cc(C)c(-c2nc3ccccc3c(=O)n2N=Cc2ccc(N(C)C)cc2OC)cc1C(C)C. The van der Waals surface area contributed by atoms with Gasteiger partial charge in [0.25, 0.3) is 5.56 Å². The number of anilines is 1. The molecule has 4 rings (SSSR count). The largest absolute Gasteiger partial charge is 0.496 e. The molecule has 0 fully saturated rings. The first-order chi connectivity index (χ1) is 17.7. The van der Waals surface area contributed by atoms with E-state index >= 15 is 0 Å². The summed E-state index contributed by atoms with van der Waals surface area (Å²) >= 11 is 0. The van der Waals surface area contributed by atoms with Crippen LogP contribution in [-0.2, 0) is 0 Å². The number of methoxy groups -OCH3 is 1. The van der Waals surface area contributed by atoms with Gasteiger partial charge in [-0.25, -0.2) is 4.98 Å². The molecule has 3 aromatic carbocycles. The maximum atomic E-state index is 13.7. The predicted octanol–water partition coefficient (Wildman–Crippen LogP) is 5.85. The number of hydrogen-bond donors (Lipinski definition) is 0. The molecule has 192 valence electrons. The lowest BCUT2D eigenvalue weighted by molar-refractivity contribution is 0.335. The third kappa shape index (κ3) is 5.21. The van der Waals surface area contributed by atoms with Gasteiger partial charge in [-0.1, -0.05) is 26.0 Å². The molecule has 0 bridgehead atoms. The van der Waals surface area contributed by atoms with E-state index in [1.807, 2.05) is 75.3 Å². The topological polar surface area (TPSA) is 69.0 Å². The molecule has 37 heavy (non-hydrogen) atoms. The number of benzene rings is 3. The second kappa shape index (κ2) is 10.9. The van der Waals surface area contributed by atoms with Crippen LogP contribution in [0, 0.1) is 6.92 Å². The Balaban J connectivity index is 1.95. The third-order valence-electron chi connectivity index (χ3n) is 6.32. The molecule has 0 radical (unpaired) electrons. The molecule has 0 aliphatic carbocycles. The molecule has 7 nitrogen and oxygen atoms in total. The van der Waals surface area contributed by atoms with Crippen molar-refractivity contribution in [3.63, 3.8) is 0 Å². The molecule has 0 amide bonds. The number of fused-ring (bicyclic) bond motifs is 1. The second-order valence-electron chi connectivity index (χ2n) is 9.43. The number of rotatable bonds is 8. The van der Waals surface area contributed by atoms with Crippen LogP contribution >= 0.6 is 0 Å². The molecule has 0 aliphatic heterocycles. The molecule has 1 heterocycles. The van der Waals surface area contributed by atoms with Crippen LogP contribution in [0.25, 0.3) is 22.3 Å². The second-order valence-corrected chi connectivity index (χ2v) is 9.43. The smallest absolute Gasteiger partial charge is 0.282 e. The highest BCUT2D eigenvalue weighted by atomic mass is 16.5. The number of aromatic nitrogens is 2. The highest BCUT2D eigenvalue weighted by Gasteiger charge is 2.18. The Morgan fingerprint density at radius 3 is 2.51 bits per heavy atom. The fourth-order valence-corrected chi connectivity index (χ4v) is 4.28. The summed E-state index contributed by atoms with van der Waals surface area (Å²) in [4.78, 5) is 20.6. The Morgan fingerprint density at radius 2 is 1.84 bits per heavy atom. The molecule has 4 aromatic rings. The van der Waals surface area contributed by atoms with E-state index in [4.69, 9.17) is 14.5 Å². The molecule has 0 spiro atoms. The first-order valence-electron chi connectivity index (χ1n) is 12.4. The van der Waals surface area contributed by atoms with E-state index in [2.05, 4.69) is 25.0 Å². The minimum atomic E-state index is -0.236. The van der Waals surface area contributed by atoms with Crippen molar-refractivity contribution < 1.29 is 9.47 Å². The lowest BCUT2D eigenvalue weighted by Crippen LogP contribution is -2.21. The highest BCUT2D eigenvalue weighted by Crippen LogP contribution is 2.34. The zero-order chi connectivity index (χ0) is 26.7. The summed E-state index contributed by atoms with van der Waals surface area (Å²) in [5, 5.41) is 5.16. The monoisotopic (exact) mass is 498 g/mol. The van der Waals surface area contributed by atoms with Crippen LogP contribution in [0.4, 0.5) is 5.69 Å². The van der Waals surface area contributed by atoms with E-state index in [1.165, 1.54) is 4.68 Å². The fraction of sp³-hybridized carbons (Fsp3) is 0.300.